The maximum absolute atomic E-state index is 12.8. The van der Waals surface area contributed by atoms with Crippen molar-refractivity contribution < 1.29 is 14.1 Å². The molecule has 0 N–H and O–H groups in total. The Kier molecular flexibility index (Phi) is 4.97. The monoisotopic (exact) mass is 370 g/mol. The Balaban J connectivity index is 1.41. The molecule has 0 radical (unpaired) electrons. The number of rotatable bonds is 4. The van der Waals surface area contributed by atoms with E-state index in [2.05, 4.69) is 21.1 Å². The number of carbonyl (C=O) groups is 1. The highest BCUT2D eigenvalue weighted by atomic mass is 16.5. The molecule has 0 aliphatic carbocycles. The number of ether oxygens (including phenoxy) is 1. The second-order valence-corrected chi connectivity index (χ2v) is 7.42. The van der Waals surface area contributed by atoms with E-state index in [-0.39, 0.29) is 18.1 Å². The van der Waals surface area contributed by atoms with Gasteiger partial charge in [0.15, 0.2) is 0 Å². The highest BCUT2D eigenvalue weighted by molar-refractivity contribution is 5.96. The highest BCUT2D eigenvalue weighted by Crippen LogP contribution is 2.39. The summed E-state index contributed by atoms with van der Waals surface area (Å²) >= 11 is 0. The average molecular weight is 370 g/mol. The molecule has 0 saturated carbocycles. The van der Waals surface area contributed by atoms with Crippen molar-refractivity contribution >= 4 is 5.91 Å². The number of aryl methyl sites for hydroxylation is 2. The highest BCUT2D eigenvalue weighted by Gasteiger charge is 2.44. The van der Waals surface area contributed by atoms with Gasteiger partial charge in [-0.2, -0.15) is 0 Å². The Morgan fingerprint density at radius 1 is 1.30 bits per heavy atom. The fraction of sp³-hybridized carbons (Fsp3) is 0.550. The zero-order chi connectivity index (χ0) is 19.0. The van der Waals surface area contributed by atoms with Crippen LogP contribution in [0.25, 0.3) is 0 Å². The van der Waals surface area contributed by atoms with E-state index in [0.717, 1.165) is 32.5 Å². The summed E-state index contributed by atoms with van der Waals surface area (Å²) in [6.07, 6.45) is 5.85. The summed E-state index contributed by atoms with van der Waals surface area (Å²) in [5, 5.41) is 3.91. The molecule has 2 atom stereocenters. The number of piperidine rings is 1. The van der Waals surface area contributed by atoms with Gasteiger partial charge in [-0.05, 0) is 38.3 Å². The van der Waals surface area contributed by atoms with Crippen LogP contribution in [0.4, 0.5) is 0 Å². The Morgan fingerprint density at radius 2 is 2.07 bits per heavy atom. The van der Waals surface area contributed by atoms with E-state index in [9.17, 15) is 4.79 Å². The number of nitrogens with zero attached hydrogens (tertiary/aromatic N) is 4. The van der Waals surface area contributed by atoms with Gasteiger partial charge in [0, 0.05) is 45.2 Å². The Hall–Kier alpha value is -2.25. The molecular weight excluding hydrogens is 344 g/mol. The van der Waals surface area contributed by atoms with Crippen LogP contribution in [0.3, 0.4) is 0 Å². The smallest absolute Gasteiger partial charge is 0.259 e. The molecule has 144 valence electrons. The summed E-state index contributed by atoms with van der Waals surface area (Å²) in [6.45, 7) is 6.05. The summed E-state index contributed by atoms with van der Waals surface area (Å²) in [7, 11) is 1.77. The summed E-state index contributed by atoms with van der Waals surface area (Å²) < 4.78 is 10.8. The van der Waals surface area contributed by atoms with E-state index in [0.29, 0.717) is 23.1 Å². The van der Waals surface area contributed by atoms with Gasteiger partial charge in [0.05, 0.1) is 17.8 Å². The van der Waals surface area contributed by atoms with Gasteiger partial charge in [-0.1, -0.05) is 11.2 Å². The van der Waals surface area contributed by atoms with Crippen LogP contribution >= 0.6 is 0 Å². The number of hydrogen-bond acceptors (Lipinski definition) is 6. The van der Waals surface area contributed by atoms with E-state index in [1.807, 2.05) is 24.1 Å². The van der Waals surface area contributed by atoms with Crippen LogP contribution in [-0.4, -0.2) is 64.7 Å². The van der Waals surface area contributed by atoms with Crippen LogP contribution in [-0.2, 0) is 4.74 Å². The molecule has 0 aromatic carbocycles. The van der Waals surface area contributed by atoms with Crippen LogP contribution in [0.1, 0.15) is 46.3 Å². The van der Waals surface area contributed by atoms with Crippen molar-refractivity contribution in [2.45, 2.75) is 44.9 Å². The minimum atomic E-state index is 0.0342. The number of hydrogen-bond donors (Lipinski definition) is 0. The molecule has 1 amide bonds. The van der Waals surface area contributed by atoms with Crippen molar-refractivity contribution in [1.29, 1.82) is 0 Å². The van der Waals surface area contributed by atoms with Gasteiger partial charge in [-0.15, -0.1) is 0 Å². The molecule has 4 rings (SSSR count). The molecule has 2 aromatic heterocycles. The first-order valence-electron chi connectivity index (χ1n) is 9.50. The lowest BCUT2D eigenvalue weighted by Gasteiger charge is -2.52. The second-order valence-electron chi connectivity index (χ2n) is 7.42. The summed E-state index contributed by atoms with van der Waals surface area (Å²) in [6, 6.07) is 4.80. The van der Waals surface area contributed by atoms with Crippen LogP contribution < -0.4 is 0 Å². The van der Waals surface area contributed by atoms with Crippen LogP contribution in [0.15, 0.2) is 29.0 Å². The minimum absolute atomic E-state index is 0.0342. The third kappa shape index (κ3) is 3.26. The molecule has 2 unspecified atom stereocenters. The standard InChI is InChI=1S/C20H26N4O3/c1-13-18(14(2)27-22-13)20(25)23-9-6-16(7-10-23)24-12-17(26-3)19(24)15-5-4-8-21-11-15/h4-5,8,11,16-17,19H,6-7,9-10,12H2,1-3H3. The molecule has 2 aliphatic rings. The Morgan fingerprint density at radius 3 is 2.67 bits per heavy atom. The third-order valence-electron chi connectivity index (χ3n) is 5.90. The first-order valence-corrected chi connectivity index (χ1v) is 9.50. The van der Waals surface area contributed by atoms with Crippen molar-refractivity contribution in [1.82, 2.24) is 19.9 Å². The Bertz CT molecular complexity index is 779. The Labute approximate surface area is 159 Å². The lowest BCUT2D eigenvalue weighted by molar-refractivity contribution is -0.115. The number of aromatic nitrogens is 2. The summed E-state index contributed by atoms with van der Waals surface area (Å²) in [5.41, 5.74) is 2.48. The lowest BCUT2D eigenvalue weighted by Crippen LogP contribution is -2.60. The van der Waals surface area contributed by atoms with Gasteiger partial charge in [0.2, 0.25) is 0 Å². The van der Waals surface area contributed by atoms with E-state index in [4.69, 9.17) is 9.26 Å². The summed E-state index contributed by atoms with van der Waals surface area (Å²) in [5.74, 6) is 0.633. The van der Waals surface area contributed by atoms with Crippen LogP contribution in [0.5, 0.6) is 0 Å². The molecule has 0 spiro atoms. The van der Waals surface area contributed by atoms with Gasteiger partial charge >= 0.3 is 0 Å². The predicted octanol–water partition coefficient (Wildman–Crippen LogP) is 2.36. The topological polar surface area (TPSA) is 71.7 Å². The van der Waals surface area contributed by atoms with Gasteiger partial charge in [-0.25, -0.2) is 0 Å². The maximum atomic E-state index is 12.8. The molecule has 2 saturated heterocycles. The predicted molar refractivity (Wildman–Crippen MR) is 99.4 cm³/mol. The molecule has 0 bridgehead atoms. The van der Waals surface area contributed by atoms with Crippen molar-refractivity contribution in [3.8, 4) is 0 Å². The van der Waals surface area contributed by atoms with Gasteiger partial charge in [-0.3, -0.25) is 14.7 Å². The molecule has 2 aromatic rings. The number of likely N-dealkylation sites (tertiary alicyclic amines) is 2. The van der Waals surface area contributed by atoms with Crippen molar-refractivity contribution in [3.63, 3.8) is 0 Å². The van der Waals surface area contributed by atoms with Gasteiger partial charge in [0.25, 0.3) is 5.91 Å². The number of pyridine rings is 1. The second kappa shape index (κ2) is 7.40. The van der Waals surface area contributed by atoms with Crippen LogP contribution in [0.2, 0.25) is 0 Å². The van der Waals surface area contributed by atoms with Crippen molar-refractivity contribution in [2.24, 2.45) is 0 Å². The zero-order valence-electron chi connectivity index (χ0n) is 16.1. The first-order chi connectivity index (χ1) is 13.1. The molecule has 7 nitrogen and oxygen atoms in total. The summed E-state index contributed by atoms with van der Waals surface area (Å²) in [4.78, 5) is 21.5. The quantitative estimate of drug-likeness (QED) is 0.823. The minimum Gasteiger partial charge on any atom is -0.378 e. The van der Waals surface area contributed by atoms with Crippen molar-refractivity contribution in [3.05, 3.63) is 47.1 Å². The third-order valence-corrected chi connectivity index (χ3v) is 5.90. The number of carbonyl (C=O) groups excluding carboxylic acids is 1. The SMILES string of the molecule is COC1CN(C2CCN(C(=O)c3c(C)noc3C)CC2)C1c1cccnc1. The molecule has 27 heavy (non-hydrogen) atoms. The molecule has 2 fully saturated rings. The fourth-order valence-electron chi connectivity index (χ4n) is 4.38. The largest absolute Gasteiger partial charge is 0.378 e. The van der Waals surface area contributed by atoms with E-state index < -0.39 is 0 Å². The van der Waals surface area contributed by atoms with E-state index in [1.165, 1.54) is 5.56 Å². The first kappa shape index (κ1) is 18.1. The van der Waals surface area contributed by atoms with Gasteiger partial charge in [0.1, 0.15) is 11.3 Å². The maximum Gasteiger partial charge on any atom is 0.259 e. The van der Waals surface area contributed by atoms with E-state index in [1.54, 1.807) is 20.2 Å². The number of methoxy groups -OCH3 is 1. The lowest BCUT2D eigenvalue weighted by atomic mass is 9.87. The molecule has 7 heteroatoms. The zero-order valence-corrected chi connectivity index (χ0v) is 16.1. The van der Waals surface area contributed by atoms with Crippen LogP contribution in [0, 0.1) is 13.8 Å². The van der Waals surface area contributed by atoms with Gasteiger partial charge < -0.3 is 14.2 Å². The van der Waals surface area contributed by atoms with Crippen molar-refractivity contribution in [2.75, 3.05) is 26.7 Å². The van der Waals surface area contributed by atoms with E-state index >= 15 is 0 Å². The number of amides is 1. The normalized spacial score (nSPS) is 24.0. The average Bonchev–Trinajstić information content (AvgIpc) is 3.00. The molecular formula is C20H26N4O3. The fourth-order valence-corrected chi connectivity index (χ4v) is 4.38. The molecule has 2 aliphatic heterocycles. The molecule has 4 heterocycles.